The van der Waals surface area contributed by atoms with Crippen LogP contribution in [0.2, 0.25) is 0 Å². The Labute approximate surface area is 73.5 Å². The van der Waals surface area contributed by atoms with Gasteiger partial charge in [0.2, 0.25) is 0 Å². The van der Waals surface area contributed by atoms with Crippen LogP contribution in [0.25, 0.3) is 0 Å². The standard InChI is InChI=1S/C7H7F3OS/c8-7(9,10)5-1-3-6(11-12)4-2-5/h1,3,12H,2,4H2. The molecule has 1 rings (SSSR count). The van der Waals surface area contributed by atoms with Crippen molar-refractivity contribution in [3.63, 3.8) is 0 Å². The minimum absolute atomic E-state index is 0.0319. The Morgan fingerprint density at radius 2 is 1.92 bits per heavy atom. The lowest BCUT2D eigenvalue weighted by atomic mass is 10.0. The highest BCUT2D eigenvalue weighted by Gasteiger charge is 2.33. The van der Waals surface area contributed by atoms with E-state index in [-0.39, 0.29) is 12.8 Å². The molecule has 0 N–H and O–H groups in total. The summed E-state index contributed by atoms with van der Waals surface area (Å²) in [4.78, 5) is 0. The van der Waals surface area contributed by atoms with Crippen molar-refractivity contribution in [2.75, 3.05) is 0 Å². The molecule has 0 radical (unpaired) electrons. The van der Waals surface area contributed by atoms with Gasteiger partial charge in [-0.25, -0.2) is 0 Å². The Morgan fingerprint density at radius 3 is 2.25 bits per heavy atom. The number of thiol groups is 1. The molecule has 0 fully saturated rings. The third-order valence-electron chi connectivity index (χ3n) is 1.59. The van der Waals surface area contributed by atoms with E-state index in [2.05, 4.69) is 17.1 Å². The summed E-state index contributed by atoms with van der Waals surface area (Å²) in [6.07, 6.45) is -1.67. The zero-order chi connectivity index (χ0) is 9.19. The van der Waals surface area contributed by atoms with E-state index in [0.29, 0.717) is 5.76 Å². The second-order valence-corrected chi connectivity index (χ2v) is 2.60. The summed E-state index contributed by atoms with van der Waals surface area (Å²) >= 11 is 3.49. The topological polar surface area (TPSA) is 9.23 Å². The zero-order valence-electron chi connectivity index (χ0n) is 6.06. The van der Waals surface area contributed by atoms with Crippen molar-refractivity contribution in [1.29, 1.82) is 0 Å². The van der Waals surface area contributed by atoms with Gasteiger partial charge >= 0.3 is 6.18 Å². The molecule has 1 nitrogen and oxygen atoms in total. The Bertz CT molecular complexity index is 229. The first-order valence-electron chi connectivity index (χ1n) is 3.32. The van der Waals surface area contributed by atoms with Crippen LogP contribution in [0.3, 0.4) is 0 Å². The monoisotopic (exact) mass is 196 g/mol. The van der Waals surface area contributed by atoms with Crippen molar-refractivity contribution in [3.05, 3.63) is 23.5 Å². The van der Waals surface area contributed by atoms with Gasteiger partial charge in [0.05, 0.1) is 0 Å². The summed E-state index contributed by atoms with van der Waals surface area (Å²) in [7, 11) is 0. The number of rotatable bonds is 1. The normalized spacial score (nSPS) is 18.3. The van der Waals surface area contributed by atoms with Crippen molar-refractivity contribution >= 4 is 12.9 Å². The van der Waals surface area contributed by atoms with Crippen molar-refractivity contribution in [1.82, 2.24) is 0 Å². The highest BCUT2D eigenvalue weighted by atomic mass is 32.1. The predicted molar refractivity (Wildman–Crippen MR) is 41.5 cm³/mol. The van der Waals surface area contributed by atoms with Crippen LogP contribution in [0, 0.1) is 0 Å². The highest BCUT2D eigenvalue weighted by Crippen LogP contribution is 2.33. The van der Waals surface area contributed by atoms with E-state index < -0.39 is 11.7 Å². The molecule has 0 aromatic heterocycles. The zero-order valence-corrected chi connectivity index (χ0v) is 6.95. The van der Waals surface area contributed by atoms with Gasteiger partial charge in [0.25, 0.3) is 0 Å². The Balaban J connectivity index is 2.73. The summed E-state index contributed by atoms with van der Waals surface area (Å²) in [6, 6.07) is 0. The number of hydrogen-bond acceptors (Lipinski definition) is 2. The number of allylic oxidation sites excluding steroid dienone is 4. The van der Waals surface area contributed by atoms with Crippen LogP contribution in [-0.2, 0) is 4.18 Å². The van der Waals surface area contributed by atoms with Crippen LogP contribution in [0.5, 0.6) is 0 Å². The minimum atomic E-state index is -4.21. The maximum absolute atomic E-state index is 12.0. The van der Waals surface area contributed by atoms with Gasteiger partial charge < -0.3 is 4.18 Å². The molecule has 5 heteroatoms. The molecule has 0 heterocycles. The fourth-order valence-electron chi connectivity index (χ4n) is 0.930. The van der Waals surface area contributed by atoms with Crippen molar-refractivity contribution in [2.24, 2.45) is 0 Å². The summed E-state index contributed by atoms with van der Waals surface area (Å²) in [6.45, 7) is 0. The van der Waals surface area contributed by atoms with Gasteiger partial charge in [0.1, 0.15) is 5.76 Å². The molecule has 0 atom stereocenters. The second-order valence-electron chi connectivity index (χ2n) is 2.41. The van der Waals surface area contributed by atoms with E-state index in [0.717, 1.165) is 6.08 Å². The van der Waals surface area contributed by atoms with Gasteiger partial charge in [0, 0.05) is 24.9 Å². The highest BCUT2D eigenvalue weighted by molar-refractivity contribution is 7.75. The molecule has 1 aliphatic carbocycles. The molecular weight excluding hydrogens is 189 g/mol. The first-order valence-corrected chi connectivity index (χ1v) is 3.69. The SMILES string of the molecule is FC(F)(F)C1=CC=C(OS)CC1. The molecule has 68 valence electrons. The molecule has 0 saturated carbocycles. The summed E-state index contributed by atoms with van der Waals surface area (Å²) in [5.41, 5.74) is -0.517. The summed E-state index contributed by atoms with van der Waals surface area (Å²) < 4.78 is 40.5. The van der Waals surface area contributed by atoms with E-state index in [1.54, 1.807) is 0 Å². The van der Waals surface area contributed by atoms with Crippen molar-refractivity contribution in [3.8, 4) is 0 Å². The van der Waals surface area contributed by atoms with E-state index in [4.69, 9.17) is 0 Å². The molecule has 0 aromatic rings. The number of alkyl halides is 3. The molecule has 0 unspecified atom stereocenters. The Hall–Kier alpha value is -0.580. The van der Waals surface area contributed by atoms with Crippen LogP contribution in [-0.4, -0.2) is 6.18 Å². The minimum Gasteiger partial charge on any atom is -0.433 e. The van der Waals surface area contributed by atoms with E-state index in [9.17, 15) is 13.2 Å². The van der Waals surface area contributed by atoms with Crippen molar-refractivity contribution < 1.29 is 17.4 Å². The van der Waals surface area contributed by atoms with Gasteiger partial charge in [-0.3, -0.25) is 0 Å². The molecule has 0 amide bonds. The van der Waals surface area contributed by atoms with Crippen molar-refractivity contribution in [2.45, 2.75) is 19.0 Å². The first kappa shape index (κ1) is 9.51. The quantitative estimate of drug-likeness (QED) is 0.501. The fourth-order valence-corrected chi connectivity index (χ4v) is 1.08. The molecule has 1 aliphatic rings. The average molecular weight is 196 g/mol. The molecule has 0 aromatic carbocycles. The van der Waals surface area contributed by atoms with E-state index in [1.807, 2.05) is 0 Å². The van der Waals surface area contributed by atoms with E-state index >= 15 is 0 Å². The van der Waals surface area contributed by atoms with Gasteiger partial charge in [-0.1, -0.05) is 6.08 Å². The Kier molecular flexibility index (Phi) is 2.72. The summed E-state index contributed by atoms with van der Waals surface area (Å²) in [5, 5.41) is 0. The molecular formula is C7H7F3OS. The van der Waals surface area contributed by atoms with Gasteiger partial charge in [-0.05, 0) is 12.5 Å². The van der Waals surface area contributed by atoms with E-state index in [1.165, 1.54) is 6.08 Å². The molecule has 12 heavy (non-hydrogen) atoms. The molecule has 0 bridgehead atoms. The lowest BCUT2D eigenvalue weighted by Gasteiger charge is -2.15. The van der Waals surface area contributed by atoms with Crippen LogP contribution in [0.4, 0.5) is 13.2 Å². The van der Waals surface area contributed by atoms with Gasteiger partial charge in [-0.2, -0.15) is 13.2 Å². The molecule has 0 saturated heterocycles. The van der Waals surface area contributed by atoms with Gasteiger partial charge in [-0.15, -0.1) is 0 Å². The lowest BCUT2D eigenvalue weighted by Crippen LogP contribution is -2.13. The lowest BCUT2D eigenvalue weighted by molar-refractivity contribution is -0.0942. The largest absolute Gasteiger partial charge is 0.433 e. The van der Waals surface area contributed by atoms with Crippen LogP contribution in [0.1, 0.15) is 12.8 Å². The smallest absolute Gasteiger partial charge is 0.412 e. The van der Waals surface area contributed by atoms with Crippen LogP contribution in [0.15, 0.2) is 23.5 Å². The summed E-state index contributed by atoms with van der Waals surface area (Å²) in [5.74, 6) is 0.464. The maximum Gasteiger partial charge on any atom is 0.412 e. The predicted octanol–water partition coefficient (Wildman–Crippen LogP) is 3.01. The number of hydrogen-bond donors (Lipinski definition) is 1. The molecule has 0 aliphatic heterocycles. The number of halogens is 3. The second kappa shape index (κ2) is 3.43. The van der Waals surface area contributed by atoms with Crippen LogP contribution >= 0.6 is 12.9 Å². The fraction of sp³-hybridized carbons (Fsp3) is 0.429. The van der Waals surface area contributed by atoms with Crippen LogP contribution < -0.4 is 0 Å². The average Bonchev–Trinajstić information content (AvgIpc) is 2.03. The van der Waals surface area contributed by atoms with Gasteiger partial charge in [0.15, 0.2) is 0 Å². The maximum atomic E-state index is 12.0. The Morgan fingerprint density at radius 1 is 1.25 bits per heavy atom. The first-order chi connectivity index (χ1) is 5.54. The molecule has 0 spiro atoms. The third kappa shape index (κ3) is 2.20. The third-order valence-corrected chi connectivity index (χ3v) is 1.83.